The fourth-order valence-electron chi connectivity index (χ4n) is 2.92. The van der Waals surface area contributed by atoms with E-state index in [4.69, 9.17) is 4.74 Å². The van der Waals surface area contributed by atoms with E-state index in [1.54, 1.807) is 24.3 Å². The van der Waals surface area contributed by atoms with Crippen LogP contribution in [0.5, 0.6) is 5.75 Å². The average molecular weight is 370 g/mol. The molecule has 0 unspecified atom stereocenters. The molecule has 2 rings (SSSR count). The maximum atomic E-state index is 12.0. The minimum atomic E-state index is -3.38. The molecule has 1 heterocycles. The van der Waals surface area contributed by atoms with Crippen LogP contribution in [0.2, 0.25) is 0 Å². The van der Waals surface area contributed by atoms with Crippen molar-refractivity contribution in [1.29, 1.82) is 0 Å². The van der Waals surface area contributed by atoms with Crippen LogP contribution in [-0.4, -0.2) is 82.5 Å². The topological polar surface area (TPSA) is 53.1 Å². The van der Waals surface area contributed by atoms with Gasteiger partial charge in [0.1, 0.15) is 12.4 Å². The monoisotopic (exact) mass is 369 g/mol. The second kappa shape index (κ2) is 8.98. The molecule has 0 radical (unpaired) electrons. The molecule has 1 aliphatic rings. The summed E-state index contributed by atoms with van der Waals surface area (Å²) < 4.78 is 31.0. The van der Waals surface area contributed by atoms with Gasteiger partial charge in [-0.3, -0.25) is 4.90 Å². The largest absolute Gasteiger partial charge is 0.492 e. The van der Waals surface area contributed by atoms with Gasteiger partial charge in [0.2, 0.25) is 10.0 Å². The number of nitrogens with zero attached hydrogens (tertiary/aromatic N) is 3. The molecule has 0 amide bonds. The van der Waals surface area contributed by atoms with E-state index in [1.165, 1.54) is 24.9 Å². The van der Waals surface area contributed by atoms with Gasteiger partial charge in [-0.2, -0.15) is 0 Å². The van der Waals surface area contributed by atoms with Crippen LogP contribution in [0, 0.1) is 5.92 Å². The highest BCUT2D eigenvalue weighted by molar-refractivity contribution is 7.89. The summed E-state index contributed by atoms with van der Waals surface area (Å²) >= 11 is 0. The normalized spacial score (nSPS) is 17.4. The molecule has 1 aliphatic heterocycles. The predicted molar refractivity (Wildman–Crippen MR) is 101 cm³/mol. The van der Waals surface area contributed by atoms with Gasteiger partial charge in [-0.15, -0.1) is 0 Å². The summed E-state index contributed by atoms with van der Waals surface area (Å²) in [7, 11) is -0.324. The fraction of sp³-hybridized carbons (Fsp3) is 0.667. The van der Waals surface area contributed by atoms with E-state index < -0.39 is 10.0 Å². The summed E-state index contributed by atoms with van der Waals surface area (Å²) in [5.41, 5.74) is 0. The smallest absolute Gasteiger partial charge is 0.242 e. The Morgan fingerprint density at radius 3 is 2.12 bits per heavy atom. The molecule has 0 spiro atoms. The van der Waals surface area contributed by atoms with Crippen molar-refractivity contribution in [2.24, 2.45) is 5.92 Å². The number of piperazine rings is 1. The van der Waals surface area contributed by atoms with Crippen LogP contribution in [0.1, 0.15) is 13.8 Å². The van der Waals surface area contributed by atoms with Crippen molar-refractivity contribution >= 4 is 10.0 Å². The Morgan fingerprint density at radius 1 is 1.04 bits per heavy atom. The average Bonchev–Trinajstić information content (AvgIpc) is 2.56. The number of ether oxygens (including phenoxy) is 1. The number of hydrogen-bond donors (Lipinski definition) is 0. The lowest BCUT2D eigenvalue weighted by Gasteiger charge is -2.35. The molecule has 1 fully saturated rings. The Bertz CT molecular complexity index is 621. The number of benzene rings is 1. The Labute approximate surface area is 152 Å². The quantitative estimate of drug-likeness (QED) is 0.697. The maximum absolute atomic E-state index is 12.0. The van der Waals surface area contributed by atoms with Gasteiger partial charge in [-0.1, -0.05) is 13.8 Å². The molecule has 0 N–H and O–H groups in total. The molecule has 0 aromatic heterocycles. The lowest BCUT2D eigenvalue weighted by atomic mass is 10.2. The van der Waals surface area contributed by atoms with Gasteiger partial charge in [0.05, 0.1) is 4.90 Å². The summed E-state index contributed by atoms with van der Waals surface area (Å²) in [6.07, 6.45) is 0. The van der Waals surface area contributed by atoms with Crippen LogP contribution in [0.3, 0.4) is 0 Å². The minimum absolute atomic E-state index is 0.283. The minimum Gasteiger partial charge on any atom is -0.492 e. The maximum Gasteiger partial charge on any atom is 0.242 e. The first kappa shape index (κ1) is 20.2. The van der Waals surface area contributed by atoms with Gasteiger partial charge in [0, 0.05) is 53.4 Å². The number of rotatable bonds is 8. The lowest BCUT2D eigenvalue weighted by Crippen LogP contribution is -2.48. The van der Waals surface area contributed by atoms with E-state index in [0.717, 1.165) is 32.7 Å². The molecular weight excluding hydrogens is 338 g/mol. The molecule has 6 nitrogen and oxygen atoms in total. The highest BCUT2D eigenvalue weighted by atomic mass is 32.2. The standard InChI is InChI=1S/C18H31N3O3S/c1-16(2)15-21-11-9-20(10-12-21)13-14-24-17-5-7-18(8-6-17)25(22,23)19(3)4/h5-8,16H,9-15H2,1-4H3. The Kier molecular flexibility index (Phi) is 7.25. The van der Waals surface area contributed by atoms with Crippen molar-refractivity contribution in [3.05, 3.63) is 24.3 Å². The van der Waals surface area contributed by atoms with Gasteiger partial charge in [-0.05, 0) is 30.2 Å². The highest BCUT2D eigenvalue weighted by Crippen LogP contribution is 2.18. The Morgan fingerprint density at radius 2 is 1.60 bits per heavy atom. The van der Waals surface area contributed by atoms with Crippen molar-refractivity contribution in [3.8, 4) is 5.75 Å². The first-order valence-corrected chi connectivity index (χ1v) is 10.3. The van der Waals surface area contributed by atoms with Crippen molar-refractivity contribution < 1.29 is 13.2 Å². The second-order valence-electron chi connectivity index (χ2n) is 7.14. The van der Waals surface area contributed by atoms with Crippen LogP contribution in [0.15, 0.2) is 29.2 Å². The summed E-state index contributed by atoms with van der Waals surface area (Å²) in [4.78, 5) is 5.22. The Hall–Kier alpha value is -1.15. The number of hydrogen-bond acceptors (Lipinski definition) is 5. The molecule has 7 heteroatoms. The van der Waals surface area contributed by atoms with Crippen LogP contribution in [-0.2, 0) is 10.0 Å². The molecule has 1 saturated heterocycles. The summed E-state index contributed by atoms with van der Waals surface area (Å²) in [6.45, 7) is 11.6. The van der Waals surface area contributed by atoms with E-state index >= 15 is 0 Å². The molecule has 0 atom stereocenters. The van der Waals surface area contributed by atoms with Crippen molar-refractivity contribution in [2.45, 2.75) is 18.7 Å². The summed E-state index contributed by atoms with van der Waals surface area (Å²) in [6, 6.07) is 6.62. The zero-order chi connectivity index (χ0) is 18.4. The molecule has 0 saturated carbocycles. The third-order valence-corrected chi connectivity index (χ3v) is 6.20. The molecular formula is C18H31N3O3S. The van der Waals surface area contributed by atoms with Gasteiger partial charge < -0.3 is 9.64 Å². The second-order valence-corrected chi connectivity index (χ2v) is 9.30. The van der Waals surface area contributed by atoms with Crippen molar-refractivity contribution in [3.63, 3.8) is 0 Å². The third-order valence-electron chi connectivity index (χ3n) is 4.37. The van der Waals surface area contributed by atoms with Crippen LogP contribution in [0.25, 0.3) is 0 Å². The molecule has 25 heavy (non-hydrogen) atoms. The molecule has 0 aliphatic carbocycles. The molecule has 142 valence electrons. The zero-order valence-corrected chi connectivity index (χ0v) is 16.6. The van der Waals surface area contributed by atoms with Gasteiger partial charge in [0.15, 0.2) is 0 Å². The molecule has 0 bridgehead atoms. The number of sulfonamides is 1. The van der Waals surface area contributed by atoms with E-state index in [-0.39, 0.29) is 4.90 Å². The SMILES string of the molecule is CC(C)CN1CCN(CCOc2ccc(S(=O)(=O)N(C)C)cc2)CC1. The van der Waals surface area contributed by atoms with Crippen molar-refractivity contribution in [1.82, 2.24) is 14.1 Å². The van der Waals surface area contributed by atoms with E-state index in [1.807, 2.05) is 0 Å². The first-order valence-electron chi connectivity index (χ1n) is 8.89. The van der Waals surface area contributed by atoms with Gasteiger partial charge in [-0.25, -0.2) is 12.7 Å². The van der Waals surface area contributed by atoms with Gasteiger partial charge in [0.25, 0.3) is 0 Å². The van der Waals surface area contributed by atoms with E-state index in [9.17, 15) is 8.42 Å². The third kappa shape index (κ3) is 5.95. The predicted octanol–water partition coefficient (Wildman–Crippen LogP) is 1.59. The highest BCUT2D eigenvalue weighted by Gasteiger charge is 2.18. The van der Waals surface area contributed by atoms with Crippen molar-refractivity contribution in [2.75, 3.05) is 60.0 Å². The lowest BCUT2D eigenvalue weighted by molar-refractivity contribution is 0.109. The Balaban J connectivity index is 1.74. The van der Waals surface area contributed by atoms with E-state index in [0.29, 0.717) is 18.3 Å². The van der Waals surface area contributed by atoms with Crippen LogP contribution in [0.4, 0.5) is 0 Å². The first-order chi connectivity index (χ1) is 11.8. The van der Waals surface area contributed by atoms with Crippen LogP contribution < -0.4 is 4.74 Å². The summed E-state index contributed by atoms with van der Waals surface area (Å²) in [5.74, 6) is 1.42. The fourth-order valence-corrected chi connectivity index (χ4v) is 3.82. The zero-order valence-electron chi connectivity index (χ0n) is 15.8. The summed E-state index contributed by atoms with van der Waals surface area (Å²) in [5, 5.41) is 0. The van der Waals surface area contributed by atoms with E-state index in [2.05, 4.69) is 23.6 Å². The molecule has 1 aromatic carbocycles. The molecule has 1 aromatic rings. The van der Waals surface area contributed by atoms with Crippen LogP contribution >= 0.6 is 0 Å². The van der Waals surface area contributed by atoms with Gasteiger partial charge >= 0.3 is 0 Å².